The molecular formula is C23H20ClN3O4S. The van der Waals surface area contributed by atoms with Gasteiger partial charge in [0.2, 0.25) is 5.91 Å². The number of methoxy groups -OCH3 is 1. The molecule has 2 heterocycles. The van der Waals surface area contributed by atoms with Gasteiger partial charge in [0.05, 0.1) is 24.9 Å². The summed E-state index contributed by atoms with van der Waals surface area (Å²) in [5.41, 5.74) is 2.07. The Morgan fingerprint density at radius 2 is 1.94 bits per heavy atom. The first-order chi connectivity index (χ1) is 15.5. The second-order valence-electron chi connectivity index (χ2n) is 6.92. The number of thiophene rings is 1. The molecule has 0 aliphatic carbocycles. The summed E-state index contributed by atoms with van der Waals surface area (Å²) in [6, 6.07) is 14.6. The van der Waals surface area contributed by atoms with Crippen LogP contribution in [0.2, 0.25) is 5.02 Å². The Labute approximate surface area is 193 Å². The van der Waals surface area contributed by atoms with Crippen molar-refractivity contribution in [3.05, 3.63) is 70.2 Å². The SMILES string of the molecule is COc1cc(-n2cnc3cc(-c4ccc(Cl)cc4)sc3c2=O)ccc1OCCNC(C)=O. The minimum Gasteiger partial charge on any atom is -0.493 e. The Kier molecular flexibility index (Phi) is 6.43. The lowest BCUT2D eigenvalue weighted by Crippen LogP contribution is -2.25. The number of hydrogen-bond acceptors (Lipinski definition) is 6. The quantitative estimate of drug-likeness (QED) is 0.408. The molecule has 0 atom stereocenters. The summed E-state index contributed by atoms with van der Waals surface area (Å²) in [7, 11) is 1.53. The van der Waals surface area contributed by atoms with E-state index in [-0.39, 0.29) is 11.5 Å². The van der Waals surface area contributed by atoms with Crippen molar-refractivity contribution in [2.75, 3.05) is 20.3 Å². The zero-order valence-corrected chi connectivity index (χ0v) is 19.0. The number of halogens is 1. The molecule has 2 aromatic carbocycles. The molecule has 0 bridgehead atoms. The topological polar surface area (TPSA) is 82.5 Å². The van der Waals surface area contributed by atoms with Crippen LogP contribution in [0.3, 0.4) is 0 Å². The van der Waals surface area contributed by atoms with Gasteiger partial charge in [0.15, 0.2) is 11.5 Å². The lowest BCUT2D eigenvalue weighted by Gasteiger charge is -2.13. The van der Waals surface area contributed by atoms with Gasteiger partial charge in [0, 0.05) is 22.9 Å². The van der Waals surface area contributed by atoms with Gasteiger partial charge in [-0.05, 0) is 35.9 Å². The molecule has 1 amide bonds. The standard InChI is InChI=1S/C23H20ClN3O4S/c1-14(28)25-9-10-31-19-8-7-17(11-20(19)30-2)27-13-26-18-12-21(32-22(18)23(27)29)15-3-5-16(24)6-4-15/h3-8,11-13H,9-10H2,1-2H3,(H,25,28). The fourth-order valence-electron chi connectivity index (χ4n) is 3.17. The molecule has 2 aromatic heterocycles. The maximum Gasteiger partial charge on any atom is 0.275 e. The molecule has 1 N–H and O–H groups in total. The normalized spacial score (nSPS) is 10.8. The van der Waals surface area contributed by atoms with Gasteiger partial charge in [-0.25, -0.2) is 4.98 Å². The van der Waals surface area contributed by atoms with Crippen molar-refractivity contribution < 1.29 is 14.3 Å². The van der Waals surface area contributed by atoms with E-state index in [1.165, 1.54) is 36.3 Å². The Bertz CT molecular complexity index is 1330. The Hall–Kier alpha value is -3.36. The Balaban J connectivity index is 1.64. The van der Waals surface area contributed by atoms with Gasteiger partial charge in [0.25, 0.3) is 5.56 Å². The molecule has 4 aromatic rings. The minimum absolute atomic E-state index is 0.119. The van der Waals surface area contributed by atoms with Crippen LogP contribution in [-0.2, 0) is 4.79 Å². The molecule has 4 rings (SSSR count). The number of nitrogens with one attached hydrogen (secondary N) is 1. The number of nitrogens with zero attached hydrogens (tertiary/aromatic N) is 2. The van der Waals surface area contributed by atoms with Gasteiger partial charge in [-0.1, -0.05) is 23.7 Å². The van der Waals surface area contributed by atoms with E-state index in [0.29, 0.717) is 45.6 Å². The lowest BCUT2D eigenvalue weighted by atomic mass is 10.2. The van der Waals surface area contributed by atoms with Gasteiger partial charge in [0.1, 0.15) is 17.6 Å². The van der Waals surface area contributed by atoms with E-state index in [1.54, 1.807) is 18.2 Å². The third-order valence-corrected chi connectivity index (χ3v) is 6.14. The Morgan fingerprint density at radius 1 is 1.16 bits per heavy atom. The van der Waals surface area contributed by atoms with E-state index in [2.05, 4.69) is 10.3 Å². The van der Waals surface area contributed by atoms with Crippen molar-refractivity contribution in [3.8, 4) is 27.6 Å². The van der Waals surface area contributed by atoms with Gasteiger partial charge >= 0.3 is 0 Å². The summed E-state index contributed by atoms with van der Waals surface area (Å²) in [4.78, 5) is 29.6. The van der Waals surface area contributed by atoms with Crippen LogP contribution in [0, 0.1) is 0 Å². The smallest absolute Gasteiger partial charge is 0.275 e. The number of hydrogen-bond donors (Lipinski definition) is 1. The van der Waals surface area contributed by atoms with Crippen molar-refractivity contribution in [2.45, 2.75) is 6.92 Å². The molecule has 164 valence electrons. The molecular weight excluding hydrogens is 450 g/mol. The molecule has 7 nitrogen and oxygen atoms in total. The average Bonchev–Trinajstić information content (AvgIpc) is 3.23. The number of rotatable bonds is 7. The summed E-state index contributed by atoms with van der Waals surface area (Å²) < 4.78 is 13.2. The van der Waals surface area contributed by atoms with Crippen LogP contribution in [0.15, 0.2) is 59.7 Å². The number of carbonyl (C=O) groups excluding carboxylic acids is 1. The van der Waals surface area contributed by atoms with Gasteiger partial charge < -0.3 is 14.8 Å². The van der Waals surface area contributed by atoms with Crippen molar-refractivity contribution >= 4 is 39.1 Å². The zero-order chi connectivity index (χ0) is 22.7. The maximum absolute atomic E-state index is 13.2. The van der Waals surface area contributed by atoms with Crippen LogP contribution >= 0.6 is 22.9 Å². The first-order valence-electron chi connectivity index (χ1n) is 9.79. The fraction of sp³-hybridized carbons (Fsp3) is 0.174. The average molecular weight is 470 g/mol. The minimum atomic E-state index is -0.165. The van der Waals surface area contributed by atoms with Gasteiger partial charge in [-0.2, -0.15) is 0 Å². The molecule has 0 aliphatic rings. The highest BCUT2D eigenvalue weighted by Crippen LogP contribution is 2.32. The van der Waals surface area contributed by atoms with Crippen LogP contribution < -0.4 is 20.3 Å². The summed E-state index contributed by atoms with van der Waals surface area (Å²) in [6.45, 7) is 2.13. The third-order valence-electron chi connectivity index (χ3n) is 4.73. The summed E-state index contributed by atoms with van der Waals surface area (Å²) >= 11 is 7.37. The highest BCUT2D eigenvalue weighted by atomic mass is 35.5. The van der Waals surface area contributed by atoms with Crippen molar-refractivity contribution in [2.24, 2.45) is 0 Å². The predicted molar refractivity (Wildman–Crippen MR) is 126 cm³/mol. The largest absolute Gasteiger partial charge is 0.493 e. The fourth-order valence-corrected chi connectivity index (χ4v) is 4.34. The van der Waals surface area contributed by atoms with Gasteiger partial charge in [-0.15, -0.1) is 11.3 Å². The summed E-state index contributed by atoms with van der Waals surface area (Å²) in [5, 5.41) is 3.33. The molecule has 0 saturated carbocycles. The molecule has 0 radical (unpaired) electrons. The number of fused-ring (bicyclic) bond motifs is 1. The summed E-state index contributed by atoms with van der Waals surface area (Å²) in [5.74, 6) is 0.876. The number of aromatic nitrogens is 2. The number of benzene rings is 2. The molecule has 0 spiro atoms. The van der Waals surface area contributed by atoms with E-state index >= 15 is 0 Å². The monoisotopic (exact) mass is 469 g/mol. The van der Waals surface area contributed by atoms with Gasteiger partial charge in [-0.3, -0.25) is 14.2 Å². The lowest BCUT2D eigenvalue weighted by molar-refractivity contribution is -0.119. The predicted octanol–water partition coefficient (Wildman–Crippen LogP) is 4.29. The van der Waals surface area contributed by atoms with Crippen LogP contribution in [-0.4, -0.2) is 35.7 Å². The first-order valence-corrected chi connectivity index (χ1v) is 11.0. The maximum atomic E-state index is 13.2. The van der Waals surface area contributed by atoms with E-state index in [9.17, 15) is 9.59 Å². The number of amides is 1. The Morgan fingerprint density at radius 3 is 2.66 bits per heavy atom. The molecule has 0 fully saturated rings. The zero-order valence-electron chi connectivity index (χ0n) is 17.4. The van der Waals surface area contributed by atoms with E-state index in [4.69, 9.17) is 21.1 Å². The molecule has 9 heteroatoms. The number of ether oxygens (including phenoxy) is 2. The van der Waals surface area contributed by atoms with E-state index in [0.717, 1.165) is 10.4 Å². The number of carbonyl (C=O) groups is 1. The van der Waals surface area contributed by atoms with Crippen LogP contribution in [0.5, 0.6) is 11.5 Å². The molecule has 0 aliphatic heterocycles. The van der Waals surface area contributed by atoms with E-state index in [1.807, 2.05) is 30.3 Å². The molecule has 0 saturated heterocycles. The van der Waals surface area contributed by atoms with Crippen LogP contribution in [0.1, 0.15) is 6.92 Å². The van der Waals surface area contributed by atoms with Crippen molar-refractivity contribution in [1.29, 1.82) is 0 Å². The second kappa shape index (κ2) is 9.42. The first kappa shape index (κ1) is 21.9. The second-order valence-corrected chi connectivity index (χ2v) is 8.41. The van der Waals surface area contributed by atoms with Crippen molar-refractivity contribution in [1.82, 2.24) is 14.9 Å². The third kappa shape index (κ3) is 4.61. The van der Waals surface area contributed by atoms with Crippen LogP contribution in [0.4, 0.5) is 0 Å². The highest BCUT2D eigenvalue weighted by molar-refractivity contribution is 7.22. The molecule has 0 unspecified atom stereocenters. The van der Waals surface area contributed by atoms with E-state index < -0.39 is 0 Å². The highest BCUT2D eigenvalue weighted by Gasteiger charge is 2.13. The summed E-state index contributed by atoms with van der Waals surface area (Å²) in [6.07, 6.45) is 1.51. The van der Waals surface area contributed by atoms with Crippen molar-refractivity contribution in [3.63, 3.8) is 0 Å². The molecule has 32 heavy (non-hydrogen) atoms. The van der Waals surface area contributed by atoms with Crippen LogP contribution in [0.25, 0.3) is 26.3 Å².